The molecular formula is C28H43N9O10. The van der Waals surface area contributed by atoms with E-state index in [-0.39, 0.29) is 24.5 Å². The third kappa shape index (κ3) is 15.7. The van der Waals surface area contributed by atoms with Crippen LogP contribution in [-0.4, -0.2) is 94.2 Å². The Balaban J connectivity index is 3.22. The van der Waals surface area contributed by atoms with Crippen molar-refractivity contribution in [2.45, 2.75) is 76.2 Å². The van der Waals surface area contributed by atoms with E-state index in [9.17, 15) is 43.5 Å². The summed E-state index contributed by atoms with van der Waals surface area (Å²) < 4.78 is 0. The summed E-state index contributed by atoms with van der Waals surface area (Å²) in [6, 6.07) is -0.989. The number of hydrogen-bond acceptors (Lipinski definition) is 13. The topological polar surface area (TPSA) is 341 Å². The zero-order valence-electron chi connectivity index (χ0n) is 26.0. The smallest absolute Gasteiger partial charge is 0.305 e. The van der Waals surface area contributed by atoms with Gasteiger partial charge in [-0.1, -0.05) is 26.0 Å². The SMILES string of the molecule is CC(C)C[C@H](NC(=O)[C@H](Cc1ccc(O)cc1)NNC(CNC(=O)CC(=O)[C@@H](N)CC(N)=O)C(=O)NC(=O)[C@@H](N)CC(=O)O)C(N)=O. The number of carboxylic acids is 1. The van der Waals surface area contributed by atoms with Crippen molar-refractivity contribution in [3.63, 3.8) is 0 Å². The van der Waals surface area contributed by atoms with Gasteiger partial charge in [0.25, 0.3) is 0 Å². The fourth-order valence-corrected chi connectivity index (χ4v) is 3.96. The molecule has 47 heavy (non-hydrogen) atoms. The minimum absolute atomic E-state index is 0.0200. The van der Waals surface area contributed by atoms with Crippen LogP contribution in [0.5, 0.6) is 5.75 Å². The Labute approximate surface area is 269 Å². The molecule has 0 heterocycles. The number of nitrogens with two attached hydrogens (primary N) is 4. The maximum Gasteiger partial charge on any atom is 0.305 e. The quantitative estimate of drug-likeness (QED) is 0.0436. The van der Waals surface area contributed by atoms with Crippen LogP contribution < -0.4 is 49.7 Å². The number of nitrogens with one attached hydrogen (secondary N) is 5. The maximum absolute atomic E-state index is 13.3. The lowest BCUT2D eigenvalue weighted by Crippen LogP contribution is -2.62. The van der Waals surface area contributed by atoms with E-state index in [0.29, 0.717) is 5.56 Å². The van der Waals surface area contributed by atoms with Crippen LogP contribution in [0, 0.1) is 5.92 Å². The van der Waals surface area contributed by atoms with Gasteiger partial charge in [-0.2, -0.15) is 0 Å². The van der Waals surface area contributed by atoms with E-state index in [1.165, 1.54) is 24.3 Å². The first-order valence-electron chi connectivity index (χ1n) is 14.4. The molecule has 0 bridgehead atoms. The lowest BCUT2D eigenvalue weighted by molar-refractivity contribution is -0.141. The molecule has 19 nitrogen and oxygen atoms in total. The number of aromatic hydroxyl groups is 1. The number of hydrogen-bond donors (Lipinski definition) is 11. The van der Waals surface area contributed by atoms with E-state index in [1.54, 1.807) is 0 Å². The van der Waals surface area contributed by atoms with Crippen LogP contribution >= 0.6 is 0 Å². The molecule has 0 aromatic heterocycles. The Hall–Kier alpha value is -4.98. The molecule has 0 spiro atoms. The molecule has 0 radical (unpaired) electrons. The third-order valence-electron chi connectivity index (χ3n) is 6.46. The molecule has 1 unspecified atom stereocenters. The standard InChI is InChI=1S/C28H43N9O10/c1-13(2)7-18(25(32)44)34-27(46)19(8-14-3-5-15(38)6-4-14)36-37-20(28(47)35-26(45)17(30)10-24(42)43)12-33-23(41)11-21(39)16(29)9-22(31)40/h3-6,13,16-20,36-38H,7-12,29-30H2,1-2H3,(H2,31,40)(H2,32,44)(H,33,41)(H,34,46)(H,42,43)(H,35,45,47)/t16-,17-,18-,19-,20?/m0/s1. The monoisotopic (exact) mass is 665 g/mol. The molecule has 0 saturated carbocycles. The van der Waals surface area contributed by atoms with Gasteiger partial charge in [-0.25, -0.2) is 10.9 Å². The lowest BCUT2D eigenvalue weighted by atomic mass is 10.0. The van der Waals surface area contributed by atoms with Gasteiger partial charge in [0.1, 0.15) is 23.9 Å². The molecule has 15 N–H and O–H groups in total. The zero-order chi connectivity index (χ0) is 35.8. The van der Waals surface area contributed by atoms with E-state index in [4.69, 9.17) is 28.0 Å². The number of hydrazine groups is 1. The fraction of sp³-hybridized carbons (Fsp3) is 0.500. The predicted octanol–water partition coefficient (Wildman–Crippen LogP) is -4.49. The molecule has 260 valence electrons. The number of benzene rings is 1. The summed E-state index contributed by atoms with van der Waals surface area (Å²) in [5.41, 5.74) is 27.3. The summed E-state index contributed by atoms with van der Waals surface area (Å²) in [5, 5.41) is 25.3. The number of ketones is 1. The Morgan fingerprint density at radius 2 is 1.38 bits per heavy atom. The molecular weight excluding hydrogens is 622 g/mol. The summed E-state index contributed by atoms with van der Waals surface area (Å²) in [6.45, 7) is 3.04. The lowest BCUT2D eigenvalue weighted by Gasteiger charge is -2.26. The van der Waals surface area contributed by atoms with E-state index >= 15 is 0 Å². The van der Waals surface area contributed by atoms with E-state index < -0.39 is 103 Å². The van der Waals surface area contributed by atoms with Gasteiger partial charge in [0.15, 0.2) is 5.78 Å². The van der Waals surface area contributed by atoms with Gasteiger partial charge in [-0.3, -0.25) is 43.7 Å². The highest BCUT2D eigenvalue weighted by atomic mass is 16.4. The first-order valence-corrected chi connectivity index (χ1v) is 14.4. The second kappa shape index (κ2) is 19.5. The van der Waals surface area contributed by atoms with E-state index in [2.05, 4.69) is 21.5 Å². The van der Waals surface area contributed by atoms with Crippen molar-refractivity contribution in [2.24, 2.45) is 28.9 Å². The molecule has 1 rings (SSSR count). The summed E-state index contributed by atoms with van der Waals surface area (Å²) in [4.78, 5) is 97.3. The van der Waals surface area contributed by atoms with E-state index in [1.807, 2.05) is 19.2 Å². The Morgan fingerprint density at radius 1 is 0.787 bits per heavy atom. The van der Waals surface area contributed by atoms with Crippen LogP contribution in [0.3, 0.4) is 0 Å². The van der Waals surface area contributed by atoms with E-state index in [0.717, 1.165) is 0 Å². The summed E-state index contributed by atoms with van der Waals surface area (Å²) in [6.07, 6.45) is -1.93. The molecule has 5 atom stereocenters. The van der Waals surface area contributed by atoms with Gasteiger partial charge >= 0.3 is 5.97 Å². The molecule has 1 aromatic carbocycles. The van der Waals surface area contributed by atoms with Gasteiger partial charge in [0, 0.05) is 13.0 Å². The largest absolute Gasteiger partial charge is 0.508 e. The molecule has 19 heteroatoms. The van der Waals surface area contributed by atoms with Crippen molar-refractivity contribution in [3.8, 4) is 5.75 Å². The summed E-state index contributed by atoms with van der Waals surface area (Å²) in [5.74, 6) is -7.85. The van der Waals surface area contributed by atoms with Crippen LogP contribution in [0.1, 0.15) is 45.1 Å². The summed E-state index contributed by atoms with van der Waals surface area (Å²) >= 11 is 0. The van der Waals surface area contributed by atoms with Gasteiger partial charge in [0.2, 0.25) is 35.4 Å². The second-order valence-electron chi connectivity index (χ2n) is 11.1. The van der Waals surface area contributed by atoms with Crippen LogP contribution in [-0.2, 0) is 44.8 Å². The van der Waals surface area contributed by atoms with Crippen LogP contribution in [0.25, 0.3) is 0 Å². The Kier molecular flexibility index (Phi) is 16.6. The van der Waals surface area contributed by atoms with Crippen molar-refractivity contribution in [3.05, 3.63) is 29.8 Å². The highest BCUT2D eigenvalue weighted by Crippen LogP contribution is 2.12. The van der Waals surface area contributed by atoms with Crippen LogP contribution in [0.15, 0.2) is 24.3 Å². The molecule has 0 fully saturated rings. The van der Waals surface area contributed by atoms with Gasteiger partial charge in [-0.15, -0.1) is 0 Å². The average molecular weight is 666 g/mol. The molecule has 6 amide bonds. The number of carboxylic acid groups (broad SMARTS) is 1. The number of carbonyl (C=O) groups excluding carboxylic acids is 7. The number of primary amides is 2. The molecule has 0 aliphatic heterocycles. The first kappa shape index (κ1) is 40.0. The third-order valence-corrected chi connectivity index (χ3v) is 6.46. The number of phenols is 1. The Morgan fingerprint density at radius 3 is 1.91 bits per heavy atom. The number of aliphatic carboxylic acids is 1. The predicted molar refractivity (Wildman–Crippen MR) is 164 cm³/mol. The number of carbonyl (C=O) groups is 8. The van der Waals surface area contributed by atoms with Crippen molar-refractivity contribution >= 4 is 47.2 Å². The zero-order valence-corrected chi connectivity index (χ0v) is 26.0. The van der Waals surface area contributed by atoms with Crippen molar-refractivity contribution in [1.82, 2.24) is 26.8 Å². The number of amides is 6. The normalized spacial score (nSPS) is 14.1. The highest BCUT2D eigenvalue weighted by Gasteiger charge is 2.29. The van der Waals surface area contributed by atoms with Gasteiger partial charge in [0.05, 0.1) is 24.9 Å². The number of imide groups is 1. The second-order valence-corrected chi connectivity index (χ2v) is 11.1. The Bertz CT molecular complexity index is 1310. The van der Waals surface area contributed by atoms with Gasteiger partial charge in [-0.05, 0) is 36.5 Å². The van der Waals surface area contributed by atoms with Crippen LogP contribution in [0.4, 0.5) is 0 Å². The van der Waals surface area contributed by atoms with Crippen molar-refractivity contribution in [2.75, 3.05) is 6.54 Å². The molecule has 1 aromatic rings. The molecule has 0 aliphatic carbocycles. The number of phenolic OH excluding ortho intramolecular Hbond substituents is 1. The molecule has 0 saturated heterocycles. The fourth-order valence-electron chi connectivity index (χ4n) is 3.96. The first-order chi connectivity index (χ1) is 21.9. The maximum atomic E-state index is 13.3. The average Bonchev–Trinajstić information content (AvgIpc) is 2.95. The van der Waals surface area contributed by atoms with Crippen molar-refractivity contribution in [1.29, 1.82) is 0 Å². The minimum atomic E-state index is -1.61. The molecule has 0 aliphatic rings. The van der Waals surface area contributed by atoms with Crippen molar-refractivity contribution < 1.29 is 48.6 Å². The van der Waals surface area contributed by atoms with Gasteiger partial charge < -0.3 is 43.8 Å². The minimum Gasteiger partial charge on any atom is -0.508 e. The van der Waals surface area contributed by atoms with Crippen LogP contribution in [0.2, 0.25) is 0 Å². The summed E-state index contributed by atoms with van der Waals surface area (Å²) in [7, 11) is 0. The highest BCUT2D eigenvalue weighted by molar-refractivity contribution is 6.03. The number of rotatable bonds is 21. The number of Topliss-reactive ketones (excluding diaryl/α,β-unsaturated/α-hetero) is 1.